The minimum Gasteiger partial charge on any atom is -0.363 e. The van der Waals surface area contributed by atoms with E-state index in [1.54, 1.807) is 17.8 Å². The molecule has 3 rings (SSSR count). The molecule has 0 amide bonds. The second-order valence-corrected chi connectivity index (χ2v) is 4.90. The molecule has 0 unspecified atom stereocenters. The first-order valence-corrected chi connectivity index (χ1v) is 6.70. The van der Waals surface area contributed by atoms with Crippen molar-refractivity contribution < 1.29 is 0 Å². The van der Waals surface area contributed by atoms with Crippen LogP contribution in [0.2, 0.25) is 0 Å². The molecule has 0 saturated carbocycles. The van der Waals surface area contributed by atoms with E-state index < -0.39 is 0 Å². The van der Waals surface area contributed by atoms with Gasteiger partial charge in [0.1, 0.15) is 5.82 Å². The third kappa shape index (κ3) is 2.24. The quantitative estimate of drug-likeness (QED) is 0.848. The molecule has 6 heteroatoms. The van der Waals surface area contributed by atoms with Crippen LogP contribution in [0.5, 0.6) is 0 Å². The van der Waals surface area contributed by atoms with E-state index in [1.807, 2.05) is 18.2 Å². The van der Waals surface area contributed by atoms with Crippen molar-refractivity contribution in [2.45, 2.75) is 5.75 Å². The molecular weight excluding hydrogens is 248 g/mol. The molecule has 0 atom stereocenters. The molecule has 2 N–H and O–H groups in total. The summed E-state index contributed by atoms with van der Waals surface area (Å²) < 4.78 is 0. The number of benzene rings is 1. The smallest absolute Gasteiger partial charge is 0.258 e. The standard InChI is InChI=1S/C12H12N4OS/c17-11-8-3-1-2-4-9(8)15-10(16-11)7-18-12-13-5-6-14-12/h1-4H,5-7H2,(H,13,14)(H,15,16,17). The van der Waals surface area contributed by atoms with Gasteiger partial charge in [-0.2, -0.15) is 0 Å². The van der Waals surface area contributed by atoms with Crippen molar-refractivity contribution in [1.82, 2.24) is 15.3 Å². The van der Waals surface area contributed by atoms with Crippen LogP contribution in [0.15, 0.2) is 34.1 Å². The maximum Gasteiger partial charge on any atom is 0.258 e. The number of aromatic nitrogens is 2. The average molecular weight is 260 g/mol. The van der Waals surface area contributed by atoms with E-state index in [2.05, 4.69) is 20.3 Å². The minimum absolute atomic E-state index is 0.0856. The molecule has 5 nitrogen and oxygen atoms in total. The highest BCUT2D eigenvalue weighted by atomic mass is 32.2. The molecule has 0 bridgehead atoms. The summed E-state index contributed by atoms with van der Waals surface area (Å²) in [6.45, 7) is 1.72. The third-order valence-corrected chi connectivity index (χ3v) is 3.62. The zero-order chi connectivity index (χ0) is 12.4. The fourth-order valence-electron chi connectivity index (χ4n) is 1.81. The summed E-state index contributed by atoms with van der Waals surface area (Å²) in [5, 5.41) is 4.72. The van der Waals surface area contributed by atoms with Crippen molar-refractivity contribution >= 4 is 27.8 Å². The first kappa shape index (κ1) is 11.3. The van der Waals surface area contributed by atoms with Crippen LogP contribution in [-0.4, -0.2) is 28.2 Å². The fraction of sp³-hybridized carbons (Fsp3) is 0.250. The predicted molar refractivity (Wildman–Crippen MR) is 74.0 cm³/mol. The van der Waals surface area contributed by atoms with E-state index in [9.17, 15) is 4.79 Å². The number of H-pyrrole nitrogens is 1. The topological polar surface area (TPSA) is 70.1 Å². The van der Waals surface area contributed by atoms with Gasteiger partial charge in [0, 0.05) is 6.54 Å². The number of rotatable bonds is 2. The number of hydrogen-bond donors (Lipinski definition) is 2. The zero-order valence-corrected chi connectivity index (χ0v) is 10.5. The Morgan fingerprint density at radius 2 is 2.22 bits per heavy atom. The second kappa shape index (κ2) is 4.81. The van der Waals surface area contributed by atoms with Gasteiger partial charge >= 0.3 is 0 Å². The summed E-state index contributed by atoms with van der Waals surface area (Å²) >= 11 is 1.56. The third-order valence-electron chi connectivity index (χ3n) is 2.65. The highest BCUT2D eigenvalue weighted by molar-refractivity contribution is 8.13. The molecule has 92 valence electrons. The normalized spacial score (nSPS) is 14.6. The van der Waals surface area contributed by atoms with Crippen LogP contribution in [0.3, 0.4) is 0 Å². The number of nitrogens with one attached hydrogen (secondary N) is 2. The number of thioether (sulfide) groups is 1. The Balaban J connectivity index is 1.86. The Bertz CT molecular complexity index is 664. The number of nitrogens with zero attached hydrogens (tertiary/aromatic N) is 2. The van der Waals surface area contributed by atoms with E-state index in [4.69, 9.17) is 0 Å². The van der Waals surface area contributed by atoms with Crippen molar-refractivity contribution in [3.05, 3.63) is 40.4 Å². The van der Waals surface area contributed by atoms with Gasteiger partial charge in [-0.1, -0.05) is 23.9 Å². The van der Waals surface area contributed by atoms with Crippen LogP contribution >= 0.6 is 11.8 Å². The molecule has 0 radical (unpaired) electrons. The van der Waals surface area contributed by atoms with Crippen LogP contribution in [-0.2, 0) is 5.75 Å². The molecule has 18 heavy (non-hydrogen) atoms. The SMILES string of the molecule is O=c1[nH]c(CSC2=NCCN2)nc2ccccc12. The summed E-state index contributed by atoms with van der Waals surface area (Å²) in [7, 11) is 0. The van der Waals surface area contributed by atoms with E-state index >= 15 is 0 Å². The largest absolute Gasteiger partial charge is 0.363 e. The van der Waals surface area contributed by atoms with Gasteiger partial charge in [-0.25, -0.2) is 4.98 Å². The molecule has 2 aromatic rings. The van der Waals surface area contributed by atoms with E-state index in [1.165, 1.54) is 0 Å². The van der Waals surface area contributed by atoms with Crippen LogP contribution < -0.4 is 10.9 Å². The van der Waals surface area contributed by atoms with Crippen LogP contribution in [0, 0.1) is 0 Å². The van der Waals surface area contributed by atoms with E-state index in [-0.39, 0.29) is 5.56 Å². The zero-order valence-electron chi connectivity index (χ0n) is 9.64. The molecule has 0 aliphatic carbocycles. The van der Waals surface area contributed by atoms with E-state index in [0.29, 0.717) is 17.0 Å². The van der Waals surface area contributed by atoms with Crippen molar-refractivity contribution in [2.75, 3.05) is 13.1 Å². The number of amidine groups is 1. The van der Waals surface area contributed by atoms with Crippen molar-refractivity contribution in [3.8, 4) is 0 Å². The Morgan fingerprint density at radius 3 is 3.06 bits per heavy atom. The average Bonchev–Trinajstić information content (AvgIpc) is 2.90. The maximum absolute atomic E-state index is 11.8. The maximum atomic E-state index is 11.8. The highest BCUT2D eigenvalue weighted by Gasteiger charge is 2.08. The predicted octanol–water partition coefficient (Wildman–Crippen LogP) is 1.12. The van der Waals surface area contributed by atoms with Crippen LogP contribution in [0.1, 0.15) is 5.82 Å². The van der Waals surface area contributed by atoms with Gasteiger partial charge in [-0.15, -0.1) is 0 Å². The molecule has 1 aromatic heterocycles. The van der Waals surface area contributed by atoms with Gasteiger partial charge in [0.05, 0.1) is 23.2 Å². The Hall–Kier alpha value is -1.82. The molecule has 0 fully saturated rings. The van der Waals surface area contributed by atoms with Gasteiger partial charge in [0.15, 0.2) is 5.17 Å². The summed E-state index contributed by atoms with van der Waals surface area (Å²) in [6.07, 6.45) is 0. The first-order valence-electron chi connectivity index (χ1n) is 5.72. The molecule has 1 aliphatic heterocycles. The molecule has 0 saturated heterocycles. The number of para-hydroxylation sites is 1. The van der Waals surface area contributed by atoms with Crippen LogP contribution in [0.4, 0.5) is 0 Å². The van der Waals surface area contributed by atoms with Crippen molar-refractivity contribution in [3.63, 3.8) is 0 Å². The van der Waals surface area contributed by atoms with Gasteiger partial charge in [-0.3, -0.25) is 9.79 Å². The monoisotopic (exact) mass is 260 g/mol. The molecule has 0 spiro atoms. The summed E-state index contributed by atoms with van der Waals surface area (Å²) in [5.41, 5.74) is 0.649. The molecular formula is C12H12N4OS. The van der Waals surface area contributed by atoms with Crippen molar-refractivity contribution in [1.29, 1.82) is 0 Å². The molecule has 1 aliphatic rings. The summed E-state index contributed by atoms with van der Waals surface area (Å²) in [5.74, 6) is 1.30. The number of hydrogen-bond acceptors (Lipinski definition) is 5. The Labute approximate surface area is 108 Å². The summed E-state index contributed by atoms with van der Waals surface area (Å²) in [6, 6.07) is 7.35. The lowest BCUT2D eigenvalue weighted by Gasteiger charge is -2.03. The minimum atomic E-state index is -0.0856. The van der Waals surface area contributed by atoms with Gasteiger partial charge < -0.3 is 10.3 Å². The van der Waals surface area contributed by atoms with Crippen LogP contribution in [0.25, 0.3) is 10.9 Å². The molecule has 1 aromatic carbocycles. The summed E-state index contributed by atoms with van der Waals surface area (Å²) in [4.78, 5) is 23.4. The Morgan fingerprint density at radius 1 is 1.33 bits per heavy atom. The first-order chi connectivity index (χ1) is 8.83. The molecule has 2 heterocycles. The van der Waals surface area contributed by atoms with Gasteiger partial charge in [0.25, 0.3) is 5.56 Å². The number of aliphatic imine (C=N–C) groups is 1. The van der Waals surface area contributed by atoms with Gasteiger partial charge in [0.2, 0.25) is 0 Å². The fourth-order valence-corrected chi connectivity index (χ4v) is 2.61. The highest BCUT2D eigenvalue weighted by Crippen LogP contribution is 2.12. The van der Waals surface area contributed by atoms with Gasteiger partial charge in [-0.05, 0) is 12.1 Å². The lowest BCUT2D eigenvalue weighted by Crippen LogP contribution is -2.16. The van der Waals surface area contributed by atoms with E-state index in [0.717, 1.165) is 23.8 Å². The lowest BCUT2D eigenvalue weighted by atomic mass is 10.2. The second-order valence-electron chi connectivity index (χ2n) is 3.93. The lowest BCUT2D eigenvalue weighted by molar-refractivity contribution is 0.963. The number of aromatic amines is 1. The van der Waals surface area contributed by atoms with Crippen molar-refractivity contribution in [2.24, 2.45) is 4.99 Å². The Kier molecular flexibility index (Phi) is 3.02. The number of fused-ring (bicyclic) bond motifs is 1.